The van der Waals surface area contributed by atoms with Gasteiger partial charge in [-0.25, -0.2) is 23.2 Å². The zero-order valence-electron chi connectivity index (χ0n) is 14.7. The molecule has 30 heavy (non-hydrogen) atoms. The highest BCUT2D eigenvalue weighted by atomic mass is 32.2. The van der Waals surface area contributed by atoms with Gasteiger partial charge in [0.05, 0.1) is 6.26 Å². The highest BCUT2D eigenvalue weighted by molar-refractivity contribution is 7.92. The van der Waals surface area contributed by atoms with Crippen LogP contribution < -0.4 is 9.46 Å². The normalized spacial score (nSPS) is 12.5. The molecule has 2 N–H and O–H groups in total. The molecule has 2 rings (SSSR count). The summed E-state index contributed by atoms with van der Waals surface area (Å²) in [6, 6.07) is 4.42. The van der Waals surface area contributed by atoms with Crippen LogP contribution in [0.4, 0.5) is 32.0 Å². The average molecular weight is 459 g/mol. The molecule has 0 bridgehead atoms. The van der Waals surface area contributed by atoms with Crippen molar-refractivity contribution in [3.8, 4) is 17.1 Å². The van der Waals surface area contributed by atoms with Crippen molar-refractivity contribution in [1.82, 2.24) is 9.97 Å². The van der Waals surface area contributed by atoms with E-state index in [0.29, 0.717) is 0 Å². The number of anilines is 1. The summed E-state index contributed by atoms with van der Waals surface area (Å²) in [5.74, 6) is -3.32. The third-order valence-corrected chi connectivity index (χ3v) is 3.78. The Kier molecular flexibility index (Phi) is 6.15. The fraction of sp³-hybridized carbons (Fsp3) is 0.267. The van der Waals surface area contributed by atoms with Crippen LogP contribution >= 0.6 is 0 Å². The number of hydrogen-bond acceptors (Lipinski definition) is 6. The number of aromatic nitrogens is 2. The first-order valence-electron chi connectivity index (χ1n) is 7.57. The van der Waals surface area contributed by atoms with Crippen LogP contribution in [0, 0.1) is 0 Å². The maximum Gasteiger partial charge on any atom is 0.435 e. The lowest BCUT2D eigenvalue weighted by atomic mass is 10.1. The lowest BCUT2D eigenvalue weighted by molar-refractivity contribution is -0.154. The quantitative estimate of drug-likeness (QED) is 0.637. The van der Waals surface area contributed by atoms with Gasteiger partial charge in [0.1, 0.15) is 5.69 Å². The molecule has 164 valence electrons. The van der Waals surface area contributed by atoms with Crippen LogP contribution in [-0.2, 0) is 16.2 Å². The molecular formula is C15H11F6N3O5S. The van der Waals surface area contributed by atoms with Gasteiger partial charge in [0, 0.05) is 11.3 Å². The topological polar surface area (TPSA) is 118 Å². The fourth-order valence-corrected chi connectivity index (χ4v) is 2.68. The molecule has 0 aliphatic carbocycles. The predicted molar refractivity (Wildman–Crippen MR) is 89.4 cm³/mol. The van der Waals surface area contributed by atoms with Gasteiger partial charge < -0.3 is 9.84 Å². The van der Waals surface area contributed by atoms with Crippen molar-refractivity contribution in [3.05, 3.63) is 35.7 Å². The van der Waals surface area contributed by atoms with E-state index in [1.165, 1.54) is 0 Å². The molecule has 0 saturated heterocycles. The molecule has 15 heteroatoms. The molecule has 0 spiro atoms. The van der Waals surface area contributed by atoms with E-state index in [-0.39, 0.29) is 11.3 Å². The van der Waals surface area contributed by atoms with E-state index in [0.717, 1.165) is 30.5 Å². The van der Waals surface area contributed by atoms with Crippen molar-refractivity contribution < 1.29 is 49.4 Å². The number of nitrogens with zero attached hydrogens (tertiary/aromatic N) is 2. The fourth-order valence-electron chi connectivity index (χ4n) is 2.12. The van der Waals surface area contributed by atoms with E-state index in [2.05, 4.69) is 19.4 Å². The molecule has 1 aromatic carbocycles. The standard InChI is InChI=1S/C15H11F6N3O5S/c1-30(27,28)24-8-4-2-7(3-5-8)9-12(29-6-14(16,17)18)23-11(15(19,20)21)10(22-9)13(25)26/h2-5,24H,6H2,1H3,(H,25,26). The van der Waals surface area contributed by atoms with E-state index in [1.807, 2.05) is 0 Å². The minimum atomic E-state index is -5.33. The van der Waals surface area contributed by atoms with Gasteiger partial charge in [0.15, 0.2) is 18.0 Å². The highest BCUT2D eigenvalue weighted by Gasteiger charge is 2.40. The van der Waals surface area contributed by atoms with E-state index in [9.17, 15) is 39.6 Å². The Labute approximate surface area is 164 Å². The predicted octanol–water partition coefficient (Wildman–Crippen LogP) is 3.17. The second-order valence-corrected chi connectivity index (χ2v) is 7.48. The number of alkyl halides is 6. The van der Waals surface area contributed by atoms with Gasteiger partial charge in [0.25, 0.3) is 0 Å². The van der Waals surface area contributed by atoms with Gasteiger partial charge in [-0.1, -0.05) is 12.1 Å². The summed E-state index contributed by atoms with van der Waals surface area (Å²) < 4.78 is 106. The Morgan fingerprint density at radius 2 is 1.67 bits per heavy atom. The molecule has 2 aromatic rings. The summed E-state index contributed by atoms with van der Waals surface area (Å²) in [6.45, 7) is -2.01. The third kappa shape index (κ3) is 6.20. The van der Waals surface area contributed by atoms with E-state index < -0.39 is 57.9 Å². The summed E-state index contributed by atoms with van der Waals surface area (Å²) in [6.07, 6.45) is -9.41. The van der Waals surface area contributed by atoms with Gasteiger partial charge in [-0.15, -0.1) is 0 Å². The summed E-state index contributed by atoms with van der Waals surface area (Å²) in [4.78, 5) is 17.4. The summed E-state index contributed by atoms with van der Waals surface area (Å²) in [5, 5.41) is 9.02. The largest absolute Gasteiger partial charge is 0.476 e. The van der Waals surface area contributed by atoms with E-state index in [4.69, 9.17) is 5.11 Å². The number of nitrogens with one attached hydrogen (secondary N) is 1. The summed E-state index contributed by atoms with van der Waals surface area (Å²) in [5.41, 5.74) is -4.44. The minimum absolute atomic E-state index is 0.0253. The maximum absolute atomic E-state index is 13.1. The number of rotatable bonds is 6. The molecule has 0 saturated carbocycles. The zero-order valence-corrected chi connectivity index (χ0v) is 15.5. The number of ether oxygens (including phenoxy) is 1. The van der Waals surface area contributed by atoms with Gasteiger partial charge >= 0.3 is 18.3 Å². The van der Waals surface area contributed by atoms with Crippen LogP contribution in [-0.4, -0.2) is 48.5 Å². The number of halogens is 6. The number of carbonyl (C=O) groups is 1. The molecule has 0 atom stereocenters. The molecule has 0 amide bonds. The van der Waals surface area contributed by atoms with Crippen LogP contribution in [0.5, 0.6) is 5.88 Å². The molecule has 0 radical (unpaired) electrons. The molecule has 1 aromatic heterocycles. The first-order valence-corrected chi connectivity index (χ1v) is 9.46. The van der Waals surface area contributed by atoms with Crippen molar-refractivity contribution >= 4 is 21.7 Å². The summed E-state index contributed by atoms with van der Waals surface area (Å²) in [7, 11) is -3.66. The molecule has 0 aliphatic heterocycles. The Hall–Kier alpha value is -3.10. The number of benzene rings is 1. The maximum atomic E-state index is 13.1. The Balaban J connectivity index is 2.63. The lowest BCUT2D eigenvalue weighted by Gasteiger charge is -2.16. The Bertz CT molecular complexity index is 1050. The van der Waals surface area contributed by atoms with Crippen LogP contribution in [0.25, 0.3) is 11.3 Å². The number of aromatic carboxylic acids is 1. The van der Waals surface area contributed by atoms with Crippen molar-refractivity contribution in [2.24, 2.45) is 0 Å². The third-order valence-electron chi connectivity index (χ3n) is 3.17. The van der Waals surface area contributed by atoms with Gasteiger partial charge in [-0.2, -0.15) is 26.3 Å². The zero-order chi connectivity index (χ0) is 22.9. The van der Waals surface area contributed by atoms with E-state index >= 15 is 0 Å². The van der Waals surface area contributed by atoms with Gasteiger partial charge in [-0.05, 0) is 12.1 Å². The average Bonchev–Trinajstić information content (AvgIpc) is 2.57. The molecular weight excluding hydrogens is 448 g/mol. The van der Waals surface area contributed by atoms with Crippen molar-refractivity contribution in [3.63, 3.8) is 0 Å². The molecule has 1 heterocycles. The van der Waals surface area contributed by atoms with Crippen LogP contribution in [0.3, 0.4) is 0 Å². The summed E-state index contributed by atoms with van der Waals surface area (Å²) >= 11 is 0. The van der Waals surface area contributed by atoms with E-state index in [1.54, 1.807) is 0 Å². The second kappa shape index (κ2) is 7.97. The van der Waals surface area contributed by atoms with Crippen molar-refractivity contribution in [2.75, 3.05) is 17.6 Å². The van der Waals surface area contributed by atoms with Crippen LogP contribution in [0.15, 0.2) is 24.3 Å². The van der Waals surface area contributed by atoms with Crippen molar-refractivity contribution in [1.29, 1.82) is 0 Å². The number of carboxylic acid groups (broad SMARTS) is 1. The SMILES string of the molecule is CS(=O)(=O)Nc1ccc(-c2nc(C(=O)O)c(C(F)(F)F)nc2OCC(F)(F)F)cc1. The number of sulfonamides is 1. The minimum Gasteiger partial charge on any atom is -0.476 e. The second-order valence-electron chi connectivity index (χ2n) is 5.73. The van der Waals surface area contributed by atoms with Crippen molar-refractivity contribution in [2.45, 2.75) is 12.4 Å². The lowest BCUT2D eigenvalue weighted by Crippen LogP contribution is -2.23. The Morgan fingerprint density at radius 1 is 1.10 bits per heavy atom. The van der Waals surface area contributed by atoms with Gasteiger partial charge in [0.2, 0.25) is 15.9 Å². The first-order chi connectivity index (χ1) is 13.6. The molecule has 0 fully saturated rings. The van der Waals surface area contributed by atoms with Gasteiger partial charge in [-0.3, -0.25) is 4.72 Å². The first kappa shape index (κ1) is 23.2. The Morgan fingerprint density at radius 3 is 2.10 bits per heavy atom. The highest BCUT2D eigenvalue weighted by Crippen LogP contribution is 2.36. The van der Waals surface area contributed by atoms with Crippen LogP contribution in [0.2, 0.25) is 0 Å². The number of carboxylic acids is 1. The number of hydrogen-bond donors (Lipinski definition) is 2. The monoisotopic (exact) mass is 459 g/mol. The smallest absolute Gasteiger partial charge is 0.435 e. The molecule has 8 nitrogen and oxygen atoms in total. The molecule has 0 unspecified atom stereocenters. The van der Waals surface area contributed by atoms with Crippen LogP contribution in [0.1, 0.15) is 16.2 Å². The molecule has 0 aliphatic rings.